The van der Waals surface area contributed by atoms with Gasteiger partial charge >= 0.3 is 29.6 Å². The Morgan fingerprint density at radius 2 is 1.69 bits per heavy atom. The Morgan fingerprint density at radius 1 is 1.31 bits per heavy atom. The summed E-state index contributed by atoms with van der Waals surface area (Å²) in [5, 5.41) is 9.31. The van der Waals surface area contributed by atoms with Crippen LogP contribution in [0.15, 0.2) is 21.1 Å². The van der Waals surface area contributed by atoms with Crippen molar-refractivity contribution < 1.29 is 9.90 Å². The average molecular weight is 318 g/mol. The molecule has 0 saturated carbocycles. The van der Waals surface area contributed by atoms with E-state index in [1.54, 1.807) is 12.1 Å². The van der Waals surface area contributed by atoms with Crippen LogP contribution >= 0.6 is 31.9 Å². The number of phenolic OH excluding ortho intramolecular Hbond substituents is 1. The van der Waals surface area contributed by atoms with Crippen molar-refractivity contribution >= 4 is 67.2 Å². The summed E-state index contributed by atoms with van der Waals surface area (Å²) in [6.45, 7) is 1.48. The molecule has 1 aromatic rings. The zero-order valence-electron chi connectivity index (χ0n) is 6.27. The van der Waals surface area contributed by atoms with Crippen LogP contribution in [-0.2, 0) is 0 Å². The Hall–Kier alpha value is 0.650. The van der Waals surface area contributed by atoms with E-state index in [-0.39, 0.29) is 41.1 Å². The van der Waals surface area contributed by atoms with Gasteiger partial charge in [-0.05, 0) is 50.9 Å². The molecule has 0 aliphatic heterocycles. The number of carbonyl (C=O) groups is 1. The van der Waals surface area contributed by atoms with Crippen LogP contribution in [0.1, 0.15) is 17.3 Å². The van der Waals surface area contributed by atoms with Gasteiger partial charge in [0.05, 0.1) is 8.95 Å². The van der Waals surface area contributed by atoms with E-state index in [0.717, 1.165) is 0 Å². The molecule has 0 aromatic heterocycles. The molecule has 13 heavy (non-hydrogen) atoms. The van der Waals surface area contributed by atoms with Crippen LogP contribution in [0.5, 0.6) is 5.75 Å². The first-order valence-corrected chi connectivity index (χ1v) is 4.80. The monoisotopic (exact) mass is 316 g/mol. The Kier molecular flexibility index (Phi) is 5.79. The van der Waals surface area contributed by atoms with Crippen molar-refractivity contribution in [1.82, 2.24) is 0 Å². The summed E-state index contributed by atoms with van der Waals surface area (Å²) < 4.78 is 1.03. The first-order valence-electron chi connectivity index (χ1n) is 3.21. The number of hydrogen-bond acceptors (Lipinski definition) is 2. The van der Waals surface area contributed by atoms with Gasteiger partial charge in [-0.15, -0.1) is 0 Å². The van der Waals surface area contributed by atoms with Crippen LogP contribution in [0.3, 0.4) is 0 Å². The van der Waals surface area contributed by atoms with Gasteiger partial charge in [-0.25, -0.2) is 0 Å². The molecular formula is C8H7Br2NaO2. The summed E-state index contributed by atoms with van der Waals surface area (Å²) in [5.41, 5.74) is 0.562. The summed E-state index contributed by atoms with van der Waals surface area (Å²) in [7, 11) is 0. The van der Waals surface area contributed by atoms with E-state index in [0.29, 0.717) is 14.5 Å². The third kappa shape index (κ3) is 3.36. The molecule has 0 fully saturated rings. The van der Waals surface area contributed by atoms with E-state index in [4.69, 9.17) is 0 Å². The van der Waals surface area contributed by atoms with Crippen molar-refractivity contribution in [2.24, 2.45) is 0 Å². The number of aromatic hydroxyl groups is 1. The van der Waals surface area contributed by atoms with Crippen molar-refractivity contribution in [2.45, 2.75) is 6.92 Å². The maximum absolute atomic E-state index is 10.9. The van der Waals surface area contributed by atoms with E-state index < -0.39 is 0 Å². The van der Waals surface area contributed by atoms with Gasteiger partial charge in [0.2, 0.25) is 0 Å². The zero-order valence-corrected chi connectivity index (χ0v) is 9.44. The van der Waals surface area contributed by atoms with E-state index in [2.05, 4.69) is 31.9 Å². The molecule has 0 aliphatic carbocycles. The topological polar surface area (TPSA) is 37.3 Å². The van der Waals surface area contributed by atoms with Crippen LogP contribution in [0, 0.1) is 0 Å². The van der Waals surface area contributed by atoms with E-state index in [1.807, 2.05) is 0 Å². The molecule has 1 N–H and O–H groups in total. The summed E-state index contributed by atoms with van der Waals surface area (Å²) in [4.78, 5) is 10.9. The number of Topliss-reactive ketones (excluding diaryl/α,β-unsaturated/α-hetero) is 1. The normalized spacial score (nSPS) is 9.15. The van der Waals surface area contributed by atoms with Crippen molar-refractivity contribution in [3.05, 3.63) is 26.6 Å². The van der Waals surface area contributed by atoms with E-state index in [9.17, 15) is 9.90 Å². The van der Waals surface area contributed by atoms with Crippen molar-refractivity contribution in [2.75, 3.05) is 0 Å². The SMILES string of the molecule is CC(=O)c1cc(Br)c(O)c(Br)c1.[NaH]. The van der Waals surface area contributed by atoms with Crippen LogP contribution < -0.4 is 0 Å². The number of halogens is 2. The Bertz CT molecular complexity index is 316. The third-order valence-corrected chi connectivity index (χ3v) is 2.63. The second-order valence-corrected chi connectivity index (χ2v) is 4.05. The molecule has 0 heterocycles. The van der Waals surface area contributed by atoms with Crippen LogP contribution in [0.4, 0.5) is 0 Å². The molecule has 1 aromatic carbocycles. The molecule has 0 saturated heterocycles. The molecule has 5 heteroatoms. The first-order chi connectivity index (χ1) is 5.52. The molecule has 0 unspecified atom stereocenters. The number of benzene rings is 1. The number of rotatable bonds is 1. The predicted octanol–water partition coefficient (Wildman–Crippen LogP) is 2.47. The van der Waals surface area contributed by atoms with Crippen molar-refractivity contribution in [3.8, 4) is 5.75 Å². The quantitative estimate of drug-likeness (QED) is 0.638. The molecular weight excluding hydrogens is 311 g/mol. The van der Waals surface area contributed by atoms with Crippen molar-refractivity contribution in [1.29, 1.82) is 0 Å². The van der Waals surface area contributed by atoms with Gasteiger partial charge in [0.15, 0.2) is 5.78 Å². The first kappa shape index (κ1) is 13.7. The van der Waals surface area contributed by atoms with Gasteiger partial charge in [0, 0.05) is 5.56 Å². The van der Waals surface area contributed by atoms with Gasteiger partial charge in [-0.1, -0.05) is 0 Å². The Balaban J connectivity index is 0.00000144. The van der Waals surface area contributed by atoms with E-state index >= 15 is 0 Å². The van der Waals surface area contributed by atoms with Gasteiger partial charge in [-0.2, -0.15) is 0 Å². The molecule has 0 aliphatic rings. The minimum absolute atomic E-state index is 0. The summed E-state index contributed by atoms with van der Waals surface area (Å²) >= 11 is 6.27. The number of ketones is 1. The third-order valence-electron chi connectivity index (χ3n) is 1.42. The Morgan fingerprint density at radius 3 is 2.00 bits per heavy atom. The molecule has 0 bridgehead atoms. The molecule has 1 rings (SSSR count). The minimum atomic E-state index is -0.0311. The number of hydrogen-bond donors (Lipinski definition) is 1. The molecule has 0 amide bonds. The summed E-state index contributed by atoms with van der Waals surface area (Å²) in [5.74, 6) is 0.0800. The molecule has 66 valence electrons. The second-order valence-electron chi connectivity index (χ2n) is 2.34. The maximum atomic E-state index is 10.9. The van der Waals surface area contributed by atoms with Crippen LogP contribution in [-0.4, -0.2) is 40.4 Å². The standard InChI is InChI=1S/C8H6Br2O2.Na.H/c1-4(11)5-2-6(9)8(12)7(10)3-5;;/h2-3,12H,1H3;;. The number of carbonyl (C=O) groups excluding carboxylic acids is 1. The zero-order chi connectivity index (χ0) is 9.30. The van der Waals surface area contributed by atoms with Crippen LogP contribution in [0.25, 0.3) is 0 Å². The molecule has 0 atom stereocenters. The molecule has 2 nitrogen and oxygen atoms in total. The van der Waals surface area contributed by atoms with Gasteiger partial charge in [-0.3, -0.25) is 4.79 Å². The van der Waals surface area contributed by atoms with Crippen molar-refractivity contribution in [3.63, 3.8) is 0 Å². The average Bonchev–Trinajstić information content (AvgIpc) is 1.99. The van der Waals surface area contributed by atoms with E-state index in [1.165, 1.54) is 6.92 Å². The number of phenols is 1. The van der Waals surface area contributed by atoms with Gasteiger partial charge in [0.1, 0.15) is 5.75 Å². The van der Waals surface area contributed by atoms with Gasteiger partial charge in [0.25, 0.3) is 0 Å². The fourth-order valence-electron chi connectivity index (χ4n) is 0.769. The Labute approximate surface area is 115 Å². The summed E-state index contributed by atoms with van der Waals surface area (Å²) in [6, 6.07) is 3.17. The molecule has 0 spiro atoms. The van der Waals surface area contributed by atoms with Gasteiger partial charge < -0.3 is 5.11 Å². The second kappa shape index (κ2) is 5.51. The summed E-state index contributed by atoms with van der Waals surface area (Å²) in [6.07, 6.45) is 0. The fourth-order valence-corrected chi connectivity index (χ4v) is 1.96. The fraction of sp³-hybridized carbons (Fsp3) is 0.125. The molecule has 0 radical (unpaired) electrons. The predicted molar refractivity (Wildman–Crippen MR) is 60.7 cm³/mol. The van der Waals surface area contributed by atoms with Crippen LogP contribution in [0.2, 0.25) is 0 Å².